The fourth-order valence-electron chi connectivity index (χ4n) is 1.25. The van der Waals surface area contributed by atoms with E-state index in [1.807, 2.05) is 0 Å². The first-order valence-electron chi connectivity index (χ1n) is 6.01. The van der Waals surface area contributed by atoms with Crippen LogP contribution in [0.15, 0.2) is 0 Å². The molecular formula is C12H25NaO4. The van der Waals surface area contributed by atoms with Crippen LogP contribution in [0.4, 0.5) is 0 Å². The van der Waals surface area contributed by atoms with Crippen molar-refractivity contribution in [2.75, 3.05) is 6.61 Å². The molecule has 1 unspecified atom stereocenters. The van der Waals surface area contributed by atoms with Crippen molar-refractivity contribution in [3.8, 4) is 0 Å². The molecule has 0 aliphatic heterocycles. The summed E-state index contributed by atoms with van der Waals surface area (Å²) in [5.41, 5.74) is 0. The van der Waals surface area contributed by atoms with E-state index in [1.165, 1.54) is 32.1 Å². The number of carbonyl (C=O) groups is 1. The number of carboxylic acids is 1. The van der Waals surface area contributed by atoms with Crippen LogP contribution in [0.2, 0.25) is 0 Å². The normalized spacial score (nSPS) is 10.8. The summed E-state index contributed by atoms with van der Waals surface area (Å²) < 4.78 is 0. The molecule has 0 aliphatic carbocycles. The Morgan fingerprint density at radius 3 is 2.00 bits per heavy atom. The summed E-state index contributed by atoms with van der Waals surface area (Å²) in [6, 6.07) is 0. The maximum absolute atomic E-state index is 9.01. The predicted molar refractivity (Wildman–Crippen MR) is 61.8 cm³/mol. The Hall–Kier alpha value is 0.390. The minimum absolute atomic E-state index is 0. The van der Waals surface area contributed by atoms with E-state index in [4.69, 9.17) is 20.1 Å². The molecule has 0 heterocycles. The number of rotatable bonds is 8. The van der Waals surface area contributed by atoms with Crippen molar-refractivity contribution >= 4 is 5.97 Å². The Morgan fingerprint density at radius 1 is 1.18 bits per heavy atom. The largest absolute Gasteiger partial charge is 1.00 e. The van der Waals surface area contributed by atoms with Gasteiger partial charge < -0.3 is 20.1 Å². The van der Waals surface area contributed by atoms with Crippen molar-refractivity contribution in [2.24, 2.45) is 0 Å². The van der Waals surface area contributed by atoms with Crippen molar-refractivity contribution in [2.45, 2.75) is 64.9 Å². The minimum atomic E-state index is -1.08. The quantitative estimate of drug-likeness (QED) is 0.383. The van der Waals surface area contributed by atoms with Crippen LogP contribution < -0.4 is 34.7 Å². The molecule has 0 saturated carbocycles. The van der Waals surface area contributed by atoms with Gasteiger partial charge in [-0.2, -0.15) is 0 Å². The molecule has 2 N–H and O–H groups in total. The van der Waals surface area contributed by atoms with E-state index in [1.54, 1.807) is 0 Å². The van der Waals surface area contributed by atoms with Crippen LogP contribution in [0.25, 0.3) is 0 Å². The van der Waals surface area contributed by atoms with Crippen molar-refractivity contribution in [1.29, 1.82) is 0 Å². The molecule has 0 aromatic carbocycles. The Bertz CT molecular complexity index is 149. The second-order valence-electron chi connectivity index (χ2n) is 3.88. The van der Waals surface area contributed by atoms with Gasteiger partial charge >= 0.3 is 29.6 Å². The molecule has 17 heavy (non-hydrogen) atoms. The monoisotopic (exact) mass is 256 g/mol. The van der Waals surface area contributed by atoms with Gasteiger partial charge in [0.05, 0.1) is 12.7 Å². The fraction of sp³-hybridized carbons (Fsp3) is 0.917. The zero-order valence-electron chi connectivity index (χ0n) is 11.4. The number of carbonyl (C=O) groups excluding carboxylic acids is 1. The summed E-state index contributed by atoms with van der Waals surface area (Å²) in [4.78, 5) is 8.89. The molecule has 0 aliphatic rings. The van der Waals surface area contributed by atoms with Crippen molar-refractivity contribution < 1.29 is 49.7 Å². The first kappa shape index (κ1) is 22.6. The number of carboxylic acid groups (broad SMARTS) is 1. The topological polar surface area (TPSA) is 80.6 Å². The second-order valence-corrected chi connectivity index (χ2v) is 3.88. The fourth-order valence-corrected chi connectivity index (χ4v) is 1.25. The van der Waals surface area contributed by atoms with E-state index in [9.17, 15) is 0 Å². The Kier molecular flexibility index (Phi) is 24.9. The molecule has 0 fully saturated rings. The van der Waals surface area contributed by atoms with Gasteiger partial charge in [0.2, 0.25) is 0 Å². The molecule has 0 spiro atoms. The number of aliphatic hydroxyl groups excluding tert-OH is 2. The Morgan fingerprint density at radius 2 is 1.59 bits per heavy atom. The standard InChI is InChI=1S/C10H22O2.C2H4O2.Na/c1-2-3-4-5-6-7-8-10(12)9-11;1-2(3)4;/h10-12H,2-9H2,1H3;1H3,(H,3,4);/q;;+1/p-1. The van der Waals surface area contributed by atoms with E-state index < -0.39 is 12.1 Å². The minimum Gasteiger partial charge on any atom is -0.550 e. The smallest absolute Gasteiger partial charge is 0.550 e. The Balaban J connectivity index is -0.000000340. The molecular weight excluding hydrogens is 231 g/mol. The van der Waals surface area contributed by atoms with Crippen molar-refractivity contribution in [3.63, 3.8) is 0 Å². The third kappa shape index (κ3) is 31.4. The summed E-state index contributed by atoms with van der Waals surface area (Å²) >= 11 is 0. The van der Waals surface area contributed by atoms with Gasteiger partial charge in [0, 0.05) is 5.97 Å². The number of hydrogen-bond acceptors (Lipinski definition) is 4. The van der Waals surface area contributed by atoms with Gasteiger partial charge in [-0.05, 0) is 13.3 Å². The molecule has 1 atom stereocenters. The molecule has 0 radical (unpaired) electrons. The third-order valence-corrected chi connectivity index (χ3v) is 2.10. The van der Waals surface area contributed by atoms with Gasteiger partial charge in [0.15, 0.2) is 0 Å². The molecule has 5 heteroatoms. The summed E-state index contributed by atoms with van der Waals surface area (Å²) in [5.74, 6) is -1.08. The van der Waals surface area contributed by atoms with Gasteiger partial charge in [-0.1, -0.05) is 45.4 Å². The van der Waals surface area contributed by atoms with Crippen LogP contribution in [0.5, 0.6) is 0 Å². The average Bonchev–Trinajstić information content (AvgIpc) is 2.22. The van der Waals surface area contributed by atoms with Crippen LogP contribution in [0.3, 0.4) is 0 Å². The summed E-state index contributed by atoms with van der Waals surface area (Å²) in [7, 11) is 0. The number of aliphatic carboxylic acids is 1. The molecule has 0 aromatic heterocycles. The zero-order chi connectivity index (χ0) is 12.8. The maximum atomic E-state index is 9.01. The van der Waals surface area contributed by atoms with Gasteiger partial charge in [0.1, 0.15) is 0 Å². The van der Waals surface area contributed by atoms with Gasteiger partial charge in [-0.3, -0.25) is 0 Å². The molecule has 98 valence electrons. The van der Waals surface area contributed by atoms with E-state index in [-0.39, 0.29) is 36.2 Å². The third-order valence-electron chi connectivity index (χ3n) is 2.10. The van der Waals surface area contributed by atoms with E-state index >= 15 is 0 Å². The summed E-state index contributed by atoms with van der Waals surface area (Å²) in [6.07, 6.45) is 7.68. The van der Waals surface area contributed by atoms with Crippen molar-refractivity contribution in [1.82, 2.24) is 0 Å². The van der Waals surface area contributed by atoms with Crippen molar-refractivity contribution in [3.05, 3.63) is 0 Å². The van der Waals surface area contributed by atoms with E-state index in [0.717, 1.165) is 19.8 Å². The molecule has 0 rings (SSSR count). The maximum Gasteiger partial charge on any atom is 1.00 e. The van der Waals surface area contributed by atoms with Gasteiger partial charge in [0.25, 0.3) is 0 Å². The van der Waals surface area contributed by atoms with Gasteiger partial charge in [-0.25, -0.2) is 0 Å². The first-order chi connectivity index (χ1) is 7.54. The van der Waals surface area contributed by atoms with Crippen LogP contribution in [-0.2, 0) is 4.79 Å². The average molecular weight is 256 g/mol. The number of hydrogen-bond donors (Lipinski definition) is 2. The van der Waals surface area contributed by atoms with Crippen LogP contribution in [-0.4, -0.2) is 28.9 Å². The molecule has 0 amide bonds. The van der Waals surface area contributed by atoms with E-state index in [0.29, 0.717) is 0 Å². The summed E-state index contributed by atoms with van der Waals surface area (Å²) in [6.45, 7) is 3.09. The molecule has 0 bridgehead atoms. The second kappa shape index (κ2) is 18.7. The molecule has 0 aromatic rings. The number of unbranched alkanes of at least 4 members (excludes halogenated alkanes) is 5. The number of aliphatic hydroxyl groups is 2. The predicted octanol–water partition coefficient (Wildman–Crippen LogP) is -2.15. The van der Waals surface area contributed by atoms with Gasteiger partial charge in [-0.15, -0.1) is 0 Å². The van der Waals surface area contributed by atoms with E-state index in [2.05, 4.69) is 6.92 Å². The van der Waals surface area contributed by atoms with Crippen LogP contribution >= 0.6 is 0 Å². The first-order valence-corrected chi connectivity index (χ1v) is 6.01. The molecule has 4 nitrogen and oxygen atoms in total. The zero-order valence-corrected chi connectivity index (χ0v) is 13.4. The van der Waals surface area contributed by atoms with Crippen LogP contribution in [0, 0.1) is 0 Å². The van der Waals surface area contributed by atoms with Crippen LogP contribution in [0.1, 0.15) is 58.8 Å². The SMILES string of the molecule is CC(=O)[O-].CCCCCCCCC(O)CO.[Na+]. The molecule has 0 saturated heterocycles. The summed E-state index contributed by atoms with van der Waals surface area (Å²) in [5, 5.41) is 26.4. The Labute approximate surface area is 127 Å².